The average Bonchev–Trinajstić information content (AvgIpc) is 3.32. The fourth-order valence-corrected chi connectivity index (χ4v) is 5.00. The Bertz CT molecular complexity index is 1460. The Morgan fingerprint density at radius 3 is 2.48 bits per heavy atom. The van der Waals surface area contributed by atoms with Crippen LogP contribution in [-0.2, 0) is 9.59 Å². The molecule has 8 heteroatoms. The van der Waals surface area contributed by atoms with Crippen molar-refractivity contribution in [2.24, 2.45) is 0 Å². The number of aromatic nitrogens is 1. The molecule has 0 unspecified atom stereocenters. The SMILES string of the molecule is Cc1ccc2nc(N3C(=O)C(=O)/C(=C(/O)c4ccc(F)cc4)[C@H]3c3ccccc3F)sc2c1. The Morgan fingerprint density at radius 1 is 1.03 bits per heavy atom. The predicted molar refractivity (Wildman–Crippen MR) is 122 cm³/mol. The minimum absolute atomic E-state index is 0.0378. The van der Waals surface area contributed by atoms with Gasteiger partial charge in [-0.15, -0.1) is 0 Å². The summed E-state index contributed by atoms with van der Waals surface area (Å²) in [6, 6.07) is 14.9. The van der Waals surface area contributed by atoms with Crippen molar-refractivity contribution in [1.82, 2.24) is 4.98 Å². The van der Waals surface area contributed by atoms with E-state index in [4.69, 9.17) is 0 Å². The number of anilines is 1. The average molecular weight is 462 g/mol. The number of aliphatic hydroxyl groups is 1. The molecule has 5 nitrogen and oxygen atoms in total. The Balaban J connectivity index is 1.75. The van der Waals surface area contributed by atoms with Crippen molar-refractivity contribution in [1.29, 1.82) is 0 Å². The van der Waals surface area contributed by atoms with Crippen molar-refractivity contribution in [2.45, 2.75) is 13.0 Å². The summed E-state index contributed by atoms with van der Waals surface area (Å²) in [6.45, 7) is 1.92. The number of aliphatic hydroxyl groups excluding tert-OH is 1. The number of carbonyl (C=O) groups is 2. The van der Waals surface area contributed by atoms with E-state index in [2.05, 4.69) is 4.98 Å². The number of carbonyl (C=O) groups excluding carboxylic acids is 2. The number of ketones is 1. The number of halogens is 2. The number of hydrogen-bond acceptors (Lipinski definition) is 5. The van der Waals surface area contributed by atoms with Gasteiger partial charge in [0.2, 0.25) is 0 Å². The number of thiazole rings is 1. The van der Waals surface area contributed by atoms with Gasteiger partial charge in [0.25, 0.3) is 5.78 Å². The van der Waals surface area contributed by atoms with Crippen LogP contribution >= 0.6 is 11.3 Å². The van der Waals surface area contributed by atoms with Crippen LogP contribution in [0.15, 0.2) is 72.3 Å². The van der Waals surface area contributed by atoms with Gasteiger partial charge in [0.05, 0.1) is 15.8 Å². The van der Waals surface area contributed by atoms with Gasteiger partial charge in [-0.05, 0) is 55.0 Å². The van der Waals surface area contributed by atoms with Crippen LogP contribution in [0, 0.1) is 18.6 Å². The predicted octanol–water partition coefficient (Wildman–Crippen LogP) is 5.51. The molecule has 0 saturated carbocycles. The van der Waals surface area contributed by atoms with Crippen LogP contribution < -0.4 is 4.90 Å². The van der Waals surface area contributed by atoms with Crippen LogP contribution in [0.2, 0.25) is 0 Å². The summed E-state index contributed by atoms with van der Waals surface area (Å²) in [4.78, 5) is 31.9. The summed E-state index contributed by atoms with van der Waals surface area (Å²) in [7, 11) is 0. The summed E-state index contributed by atoms with van der Waals surface area (Å²) in [5.74, 6) is -3.58. The van der Waals surface area contributed by atoms with Crippen molar-refractivity contribution in [3.63, 3.8) is 0 Å². The van der Waals surface area contributed by atoms with Crippen molar-refractivity contribution < 1.29 is 23.5 Å². The maximum absolute atomic E-state index is 14.9. The van der Waals surface area contributed by atoms with E-state index in [-0.39, 0.29) is 21.8 Å². The van der Waals surface area contributed by atoms with Gasteiger partial charge in [-0.1, -0.05) is 35.6 Å². The molecule has 1 N–H and O–H groups in total. The minimum atomic E-state index is -1.24. The molecule has 33 heavy (non-hydrogen) atoms. The molecule has 0 bridgehead atoms. The first kappa shape index (κ1) is 21.0. The first-order valence-corrected chi connectivity index (χ1v) is 10.9. The molecule has 1 amide bonds. The number of rotatable bonds is 3. The fraction of sp³-hybridized carbons (Fsp3) is 0.0800. The summed E-state index contributed by atoms with van der Waals surface area (Å²) in [5.41, 5.74) is 1.52. The standard InChI is InChI=1S/C25H16F2N2O3S/c1-13-6-11-18-19(12-13)33-25(28-18)29-21(16-4-2-3-5-17(16)27)20(23(31)24(29)32)22(30)14-7-9-15(26)10-8-14/h2-12,21,30H,1H3/b22-20+/t21-/m1/s1. The van der Waals surface area contributed by atoms with Gasteiger partial charge in [0, 0.05) is 11.1 Å². The molecule has 0 aliphatic carbocycles. The molecule has 2 heterocycles. The third kappa shape index (κ3) is 3.48. The lowest BCUT2D eigenvalue weighted by Gasteiger charge is -2.23. The molecule has 1 atom stereocenters. The number of aryl methyl sites for hydroxylation is 1. The van der Waals surface area contributed by atoms with E-state index >= 15 is 0 Å². The highest BCUT2D eigenvalue weighted by Crippen LogP contribution is 2.44. The molecule has 1 saturated heterocycles. The van der Waals surface area contributed by atoms with E-state index in [1.165, 1.54) is 41.7 Å². The Hall–Kier alpha value is -3.91. The van der Waals surface area contributed by atoms with Crippen molar-refractivity contribution in [3.05, 3.63) is 101 Å². The first-order chi connectivity index (χ1) is 15.8. The van der Waals surface area contributed by atoms with Crippen molar-refractivity contribution in [3.8, 4) is 0 Å². The Morgan fingerprint density at radius 2 is 1.76 bits per heavy atom. The van der Waals surface area contributed by atoms with Crippen LogP contribution in [0.25, 0.3) is 16.0 Å². The highest BCUT2D eigenvalue weighted by atomic mass is 32.1. The third-order valence-electron chi connectivity index (χ3n) is 5.50. The van der Waals surface area contributed by atoms with E-state index in [1.54, 1.807) is 12.1 Å². The topological polar surface area (TPSA) is 70.5 Å². The molecule has 1 aromatic heterocycles. The largest absolute Gasteiger partial charge is 0.507 e. The normalized spacial score (nSPS) is 17.8. The number of nitrogens with zero attached hydrogens (tertiary/aromatic N) is 2. The lowest BCUT2D eigenvalue weighted by molar-refractivity contribution is -0.132. The molecular formula is C25H16F2N2O3S. The van der Waals surface area contributed by atoms with E-state index in [1.807, 2.05) is 19.1 Å². The number of Topliss-reactive ketones (excluding diaryl/α,β-unsaturated/α-hetero) is 1. The number of benzene rings is 3. The zero-order chi connectivity index (χ0) is 23.3. The second kappa shape index (κ2) is 7.90. The zero-order valence-corrected chi connectivity index (χ0v) is 18.1. The lowest BCUT2D eigenvalue weighted by atomic mass is 9.95. The highest BCUT2D eigenvalue weighted by Gasteiger charge is 2.49. The smallest absolute Gasteiger partial charge is 0.301 e. The van der Waals surface area contributed by atoms with Crippen molar-refractivity contribution >= 4 is 44.1 Å². The van der Waals surface area contributed by atoms with Gasteiger partial charge in [-0.25, -0.2) is 13.8 Å². The summed E-state index contributed by atoms with van der Waals surface area (Å²) < 4.78 is 29.1. The van der Waals surface area contributed by atoms with Crippen LogP contribution in [0.3, 0.4) is 0 Å². The Kier molecular flexibility index (Phi) is 5.02. The number of amides is 1. The Labute approximate surface area is 191 Å². The van der Waals surface area contributed by atoms with Gasteiger partial charge in [-0.2, -0.15) is 0 Å². The molecule has 4 aromatic rings. The molecule has 1 fully saturated rings. The maximum atomic E-state index is 14.9. The van der Waals surface area contributed by atoms with Crippen LogP contribution in [0.5, 0.6) is 0 Å². The molecule has 5 rings (SSSR count). The minimum Gasteiger partial charge on any atom is -0.507 e. The monoisotopic (exact) mass is 462 g/mol. The number of hydrogen-bond donors (Lipinski definition) is 1. The van der Waals surface area contributed by atoms with Crippen LogP contribution in [0.4, 0.5) is 13.9 Å². The molecule has 3 aromatic carbocycles. The van der Waals surface area contributed by atoms with Crippen molar-refractivity contribution in [2.75, 3.05) is 4.90 Å². The summed E-state index contributed by atoms with van der Waals surface area (Å²) in [6.07, 6.45) is 0. The zero-order valence-electron chi connectivity index (χ0n) is 17.3. The van der Waals surface area contributed by atoms with E-state index < -0.39 is 35.1 Å². The van der Waals surface area contributed by atoms with Gasteiger partial charge >= 0.3 is 5.91 Å². The lowest BCUT2D eigenvalue weighted by Crippen LogP contribution is -2.29. The molecule has 1 aliphatic rings. The van der Waals surface area contributed by atoms with E-state index in [0.717, 1.165) is 27.3 Å². The molecular weight excluding hydrogens is 446 g/mol. The quantitative estimate of drug-likeness (QED) is 0.248. The molecule has 0 radical (unpaired) electrons. The van der Waals surface area contributed by atoms with Gasteiger partial charge in [-0.3, -0.25) is 14.5 Å². The molecule has 0 spiro atoms. The van der Waals surface area contributed by atoms with E-state index in [0.29, 0.717) is 5.52 Å². The molecule has 1 aliphatic heterocycles. The highest BCUT2D eigenvalue weighted by molar-refractivity contribution is 7.22. The second-order valence-electron chi connectivity index (χ2n) is 7.67. The van der Waals surface area contributed by atoms with Gasteiger partial charge in [0.15, 0.2) is 5.13 Å². The van der Waals surface area contributed by atoms with Gasteiger partial charge < -0.3 is 5.11 Å². The van der Waals surface area contributed by atoms with Gasteiger partial charge in [0.1, 0.15) is 23.4 Å². The first-order valence-electron chi connectivity index (χ1n) is 10.0. The summed E-state index contributed by atoms with van der Waals surface area (Å²) >= 11 is 1.20. The number of fused-ring (bicyclic) bond motifs is 1. The van der Waals surface area contributed by atoms with E-state index in [9.17, 15) is 23.5 Å². The second-order valence-corrected chi connectivity index (χ2v) is 8.67. The molecule has 164 valence electrons. The van der Waals surface area contributed by atoms with Crippen LogP contribution in [0.1, 0.15) is 22.7 Å². The maximum Gasteiger partial charge on any atom is 0.301 e. The van der Waals surface area contributed by atoms with Crippen LogP contribution in [-0.4, -0.2) is 21.8 Å². The summed E-state index contributed by atoms with van der Waals surface area (Å²) in [5, 5.41) is 11.2. The third-order valence-corrected chi connectivity index (χ3v) is 6.52. The fourth-order valence-electron chi connectivity index (χ4n) is 3.91.